The number of aromatic nitrogens is 3. The van der Waals surface area contributed by atoms with E-state index in [1.54, 1.807) is 0 Å². The molecule has 6 nitrogen and oxygen atoms in total. The van der Waals surface area contributed by atoms with Crippen LogP contribution < -0.4 is 5.73 Å². The third-order valence-electron chi connectivity index (χ3n) is 1.89. The highest BCUT2D eigenvalue weighted by molar-refractivity contribution is 5.83. The summed E-state index contributed by atoms with van der Waals surface area (Å²) in [5.41, 5.74) is 7.88. The SMILES string of the molecule is N/C(Cc1ccc2n[nH]nc2c1)=N\O. The molecule has 0 radical (unpaired) electrons. The Bertz CT molecular complexity index is 475. The number of amidine groups is 1. The topological polar surface area (TPSA) is 100 Å². The predicted molar refractivity (Wildman–Crippen MR) is 51.0 cm³/mol. The molecule has 1 aromatic carbocycles. The number of hydrogen-bond acceptors (Lipinski definition) is 4. The van der Waals surface area contributed by atoms with E-state index in [-0.39, 0.29) is 5.84 Å². The Kier molecular flexibility index (Phi) is 2.02. The molecule has 4 N–H and O–H groups in total. The first-order valence-corrected chi connectivity index (χ1v) is 4.05. The number of oxime groups is 1. The summed E-state index contributed by atoms with van der Waals surface area (Å²) in [6.07, 6.45) is 0.402. The van der Waals surface area contributed by atoms with E-state index in [9.17, 15) is 0 Å². The highest BCUT2D eigenvalue weighted by Crippen LogP contribution is 2.10. The van der Waals surface area contributed by atoms with Crippen LogP contribution in [0.1, 0.15) is 5.56 Å². The summed E-state index contributed by atoms with van der Waals surface area (Å²) >= 11 is 0. The summed E-state index contributed by atoms with van der Waals surface area (Å²) in [4.78, 5) is 0. The highest BCUT2D eigenvalue weighted by Gasteiger charge is 2.01. The van der Waals surface area contributed by atoms with Gasteiger partial charge in [-0.25, -0.2) is 0 Å². The number of rotatable bonds is 2. The molecule has 0 aliphatic carbocycles. The van der Waals surface area contributed by atoms with E-state index in [0.717, 1.165) is 16.6 Å². The van der Waals surface area contributed by atoms with E-state index in [0.29, 0.717) is 6.42 Å². The fourth-order valence-corrected chi connectivity index (χ4v) is 1.24. The monoisotopic (exact) mass is 191 g/mol. The van der Waals surface area contributed by atoms with Crippen LogP contribution in [0.5, 0.6) is 0 Å². The summed E-state index contributed by atoms with van der Waals surface area (Å²) in [7, 11) is 0. The van der Waals surface area contributed by atoms with E-state index in [1.165, 1.54) is 0 Å². The molecule has 6 heteroatoms. The molecule has 14 heavy (non-hydrogen) atoms. The molecule has 0 aliphatic rings. The summed E-state index contributed by atoms with van der Waals surface area (Å²) in [6, 6.07) is 5.54. The van der Waals surface area contributed by atoms with E-state index in [4.69, 9.17) is 10.9 Å². The lowest BCUT2D eigenvalue weighted by atomic mass is 10.1. The van der Waals surface area contributed by atoms with Gasteiger partial charge in [0.15, 0.2) is 0 Å². The summed E-state index contributed by atoms with van der Waals surface area (Å²) < 4.78 is 0. The quantitative estimate of drug-likeness (QED) is 0.274. The molecule has 0 aliphatic heterocycles. The second kappa shape index (κ2) is 3.33. The van der Waals surface area contributed by atoms with Gasteiger partial charge in [-0.05, 0) is 17.7 Å². The van der Waals surface area contributed by atoms with Crippen molar-refractivity contribution < 1.29 is 5.21 Å². The maximum absolute atomic E-state index is 8.40. The summed E-state index contributed by atoms with van der Waals surface area (Å²) in [5.74, 6) is 0.174. The lowest BCUT2D eigenvalue weighted by Crippen LogP contribution is -2.14. The van der Waals surface area contributed by atoms with E-state index in [2.05, 4.69) is 20.6 Å². The molecule has 2 rings (SSSR count). The Morgan fingerprint density at radius 2 is 2.21 bits per heavy atom. The van der Waals surface area contributed by atoms with Crippen LogP contribution in [0.2, 0.25) is 0 Å². The first kappa shape index (κ1) is 8.49. The molecule has 0 amide bonds. The van der Waals surface area contributed by atoms with Crippen LogP contribution in [0.3, 0.4) is 0 Å². The van der Waals surface area contributed by atoms with Crippen molar-refractivity contribution in [1.82, 2.24) is 15.4 Å². The summed E-state index contributed by atoms with van der Waals surface area (Å²) in [6.45, 7) is 0. The second-order valence-electron chi connectivity index (χ2n) is 2.91. The molecular weight excluding hydrogens is 182 g/mol. The maximum atomic E-state index is 8.40. The number of nitrogens with two attached hydrogens (primary N) is 1. The Labute approximate surface area is 79.4 Å². The number of nitrogens with zero attached hydrogens (tertiary/aromatic N) is 3. The van der Waals surface area contributed by atoms with E-state index in [1.807, 2.05) is 18.2 Å². The predicted octanol–water partition coefficient (Wildman–Crippen LogP) is 0.247. The van der Waals surface area contributed by atoms with Gasteiger partial charge in [0, 0.05) is 6.42 Å². The van der Waals surface area contributed by atoms with Crippen molar-refractivity contribution in [3.63, 3.8) is 0 Å². The van der Waals surface area contributed by atoms with Gasteiger partial charge in [0.05, 0.1) is 0 Å². The Hall–Kier alpha value is -2.11. The lowest BCUT2D eigenvalue weighted by molar-refractivity contribution is 0.317. The molecule has 0 spiro atoms. The molecule has 0 saturated heterocycles. The van der Waals surface area contributed by atoms with E-state index < -0.39 is 0 Å². The van der Waals surface area contributed by atoms with Crippen LogP contribution in [0.4, 0.5) is 0 Å². The molecule has 0 saturated carbocycles. The maximum Gasteiger partial charge on any atom is 0.143 e. The van der Waals surface area contributed by atoms with Gasteiger partial charge in [0.1, 0.15) is 16.9 Å². The van der Waals surface area contributed by atoms with Gasteiger partial charge in [-0.15, -0.1) is 0 Å². The minimum Gasteiger partial charge on any atom is -0.409 e. The van der Waals surface area contributed by atoms with Crippen LogP contribution in [0, 0.1) is 0 Å². The molecule has 1 aromatic heterocycles. The van der Waals surface area contributed by atoms with Crippen molar-refractivity contribution in [2.45, 2.75) is 6.42 Å². The molecule has 1 heterocycles. The van der Waals surface area contributed by atoms with Crippen molar-refractivity contribution in [3.8, 4) is 0 Å². The van der Waals surface area contributed by atoms with Crippen molar-refractivity contribution >= 4 is 16.9 Å². The first-order chi connectivity index (χ1) is 6.79. The van der Waals surface area contributed by atoms with Crippen molar-refractivity contribution in [3.05, 3.63) is 23.8 Å². The summed E-state index contributed by atoms with van der Waals surface area (Å²) in [5, 5.41) is 21.7. The average Bonchev–Trinajstić information content (AvgIpc) is 2.64. The molecular formula is C8H9N5O. The zero-order valence-electron chi connectivity index (χ0n) is 7.31. The van der Waals surface area contributed by atoms with Crippen molar-refractivity contribution in [2.75, 3.05) is 0 Å². The molecule has 0 unspecified atom stereocenters. The van der Waals surface area contributed by atoms with Crippen LogP contribution in [0.25, 0.3) is 11.0 Å². The zero-order chi connectivity index (χ0) is 9.97. The smallest absolute Gasteiger partial charge is 0.143 e. The van der Waals surface area contributed by atoms with Crippen molar-refractivity contribution in [1.29, 1.82) is 0 Å². The van der Waals surface area contributed by atoms with Gasteiger partial charge in [-0.2, -0.15) is 15.4 Å². The van der Waals surface area contributed by atoms with Crippen LogP contribution in [-0.4, -0.2) is 26.5 Å². The first-order valence-electron chi connectivity index (χ1n) is 4.05. The highest BCUT2D eigenvalue weighted by atomic mass is 16.4. The average molecular weight is 191 g/mol. The number of aromatic amines is 1. The van der Waals surface area contributed by atoms with Gasteiger partial charge in [-0.1, -0.05) is 11.2 Å². The molecule has 0 fully saturated rings. The lowest BCUT2D eigenvalue weighted by Gasteiger charge is -1.97. The normalized spacial score (nSPS) is 12.1. The Balaban J connectivity index is 2.34. The fourth-order valence-electron chi connectivity index (χ4n) is 1.24. The van der Waals surface area contributed by atoms with Gasteiger partial charge in [0.2, 0.25) is 0 Å². The molecule has 72 valence electrons. The number of nitrogens with one attached hydrogen (secondary N) is 1. The van der Waals surface area contributed by atoms with Gasteiger partial charge >= 0.3 is 0 Å². The number of H-pyrrole nitrogens is 1. The van der Waals surface area contributed by atoms with Crippen LogP contribution in [0.15, 0.2) is 23.4 Å². The number of hydrogen-bond donors (Lipinski definition) is 3. The van der Waals surface area contributed by atoms with Gasteiger partial charge in [-0.3, -0.25) is 0 Å². The number of benzene rings is 1. The molecule has 0 bridgehead atoms. The van der Waals surface area contributed by atoms with Crippen molar-refractivity contribution in [2.24, 2.45) is 10.9 Å². The third kappa shape index (κ3) is 1.49. The molecule has 0 atom stereocenters. The minimum absolute atomic E-state index is 0.174. The second-order valence-corrected chi connectivity index (χ2v) is 2.91. The van der Waals surface area contributed by atoms with Crippen LogP contribution >= 0.6 is 0 Å². The largest absolute Gasteiger partial charge is 0.409 e. The fraction of sp³-hybridized carbons (Fsp3) is 0.125. The van der Waals surface area contributed by atoms with Gasteiger partial charge in [0.25, 0.3) is 0 Å². The standard InChI is InChI=1S/C8H9N5O/c9-8(12-14)4-5-1-2-6-7(3-5)11-13-10-6/h1-3,14H,4H2,(H2,9,12)(H,10,11,13). The van der Waals surface area contributed by atoms with Gasteiger partial charge < -0.3 is 10.9 Å². The van der Waals surface area contributed by atoms with E-state index >= 15 is 0 Å². The molecule has 2 aromatic rings. The van der Waals surface area contributed by atoms with Crippen LogP contribution in [-0.2, 0) is 6.42 Å². The minimum atomic E-state index is 0.174. The zero-order valence-corrected chi connectivity index (χ0v) is 7.31. The number of fused-ring (bicyclic) bond motifs is 1. The Morgan fingerprint density at radius 3 is 3.00 bits per heavy atom. The Morgan fingerprint density at radius 1 is 1.43 bits per heavy atom. The third-order valence-corrected chi connectivity index (χ3v) is 1.89.